The van der Waals surface area contributed by atoms with E-state index in [2.05, 4.69) is 0 Å². The van der Waals surface area contributed by atoms with Gasteiger partial charge in [-0.05, 0) is 18.3 Å². The van der Waals surface area contributed by atoms with E-state index in [-0.39, 0.29) is 25.0 Å². The third kappa shape index (κ3) is 2.42. The van der Waals surface area contributed by atoms with Crippen molar-refractivity contribution >= 4 is 0 Å². The molecule has 3 unspecified atom stereocenters. The Morgan fingerprint density at radius 1 is 1.38 bits per heavy atom. The Hall–Kier alpha value is -0.120. The molecule has 0 aromatic rings. The van der Waals surface area contributed by atoms with Gasteiger partial charge in [0, 0.05) is 25.0 Å². The van der Waals surface area contributed by atoms with E-state index in [0.717, 1.165) is 12.3 Å². The first kappa shape index (κ1) is 11.0. The quantitative estimate of drug-likeness (QED) is 0.576. The van der Waals surface area contributed by atoms with Crippen molar-refractivity contribution in [3.05, 3.63) is 5.92 Å². The molecule has 0 heterocycles. The molecule has 13 heavy (non-hydrogen) atoms. The number of aliphatic hydroxyl groups excluding tert-OH is 3. The molecule has 0 amide bonds. The third-order valence-electron chi connectivity index (χ3n) is 3.09. The standard InChI is InChI=1S/C10H19O3/c1-6(4-11)10(13)7(2)9-3-8(9)5-12/h6-7,9-13H,3-5H2,1-2H3/t6-,7?,9?,10?/m1/s1. The van der Waals surface area contributed by atoms with Gasteiger partial charge < -0.3 is 15.3 Å². The van der Waals surface area contributed by atoms with Crippen LogP contribution in [0, 0.1) is 23.7 Å². The largest absolute Gasteiger partial charge is 0.396 e. The van der Waals surface area contributed by atoms with Gasteiger partial charge in [0.05, 0.1) is 6.10 Å². The van der Waals surface area contributed by atoms with Crippen molar-refractivity contribution in [3.63, 3.8) is 0 Å². The van der Waals surface area contributed by atoms with Gasteiger partial charge in [-0.15, -0.1) is 0 Å². The molecule has 0 saturated heterocycles. The Morgan fingerprint density at radius 2 is 2.00 bits per heavy atom. The van der Waals surface area contributed by atoms with E-state index < -0.39 is 6.10 Å². The maximum Gasteiger partial charge on any atom is 0.0616 e. The molecule has 3 heteroatoms. The van der Waals surface area contributed by atoms with Crippen LogP contribution in [0.15, 0.2) is 0 Å². The van der Waals surface area contributed by atoms with Crippen molar-refractivity contribution in [3.8, 4) is 0 Å². The van der Waals surface area contributed by atoms with Gasteiger partial charge in [0.25, 0.3) is 0 Å². The highest BCUT2D eigenvalue weighted by molar-refractivity contribution is 5.16. The maximum absolute atomic E-state index is 9.75. The fourth-order valence-electron chi connectivity index (χ4n) is 1.83. The molecule has 1 aliphatic rings. The lowest BCUT2D eigenvalue weighted by atomic mass is 9.89. The highest BCUT2D eigenvalue weighted by atomic mass is 16.3. The lowest BCUT2D eigenvalue weighted by Crippen LogP contribution is -2.29. The fourth-order valence-corrected chi connectivity index (χ4v) is 1.83. The summed E-state index contributed by atoms with van der Waals surface area (Å²) in [4.78, 5) is 0. The number of hydrogen-bond acceptors (Lipinski definition) is 3. The molecule has 0 spiro atoms. The second kappa shape index (κ2) is 4.40. The molecule has 0 bridgehead atoms. The van der Waals surface area contributed by atoms with E-state index in [4.69, 9.17) is 10.2 Å². The summed E-state index contributed by atoms with van der Waals surface area (Å²) in [6.45, 7) is 3.98. The lowest BCUT2D eigenvalue weighted by Gasteiger charge is -2.23. The van der Waals surface area contributed by atoms with Crippen molar-refractivity contribution in [2.24, 2.45) is 17.8 Å². The summed E-state index contributed by atoms with van der Waals surface area (Å²) in [6, 6.07) is 0. The van der Waals surface area contributed by atoms with Crippen LogP contribution in [0.2, 0.25) is 0 Å². The summed E-state index contributed by atoms with van der Waals surface area (Å²) in [7, 11) is 0. The predicted octanol–water partition coefficient (Wildman–Crippen LogP) is 0.198. The Labute approximate surface area is 79.4 Å². The molecule has 3 N–H and O–H groups in total. The van der Waals surface area contributed by atoms with E-state index in [1.165, 1.54) is 0 Å². The van der Waals surface area contributed by atoms with Crippen LogP contribution in [0.4, 0.5) is 0 Å². The van der Waals surface area contributed by atoms with Crippen molar-refractivity contribution in [2.45, 2.75) is 26.4 Å². The molecule has 1 rings (SSSR count). The van der Waals surface area contributed by atoms with Gasteiger partial charge in [-0.25, -0.2) is 0 Å². The van der Waals surface area contributed by atoms with Crippen LogP contribution in [0.1, 0.15) is 20.3 Å². The first-order valence-corrected chi connectivity index (χ1v) is 4.86. The molecule has 1 radical (unpaired) electrons. The van der Waals surface area contributed by atoms with E-state index in [9.17, 15) is 5.11 Å². The molecule has 0 aromatic heterocycles. The highest BCUT2D eigenvalue weighted by Crippen LogP contribution is 2.47. The van der Waals surface area contributed by atoms with Crippen molar-refractivity contribution in [2.75, 3.05) is 13.2 Å². The normalized spacial score (nSPS) is 29.8. The minimum Gasteiger partial charge on any atom is -0.396 e. The molecule has 0 aliphatic heterocycles. The molecular weight excluding hydrogens is 168 g/mol. The summed E-state index contributed by atoms with van der Waals surface area (Å²) < 4.78 is 0. The Balaban J connectivity index is 2.35. The zero-order chi connectivity index (χ0) is 10.0. The van der Waals surface area contributed by atoms with Gasteiger partial charge >= 0.3 is 0 Å². The van der Waals surface area contributed by atoms with Crippen LogP contribution in [0.5, 0.6) is 0 Å². The second-order valence-electron chi connectivity index (χ2n) is 4.14. The van der Waals surface area contributed by atoms with Crippen LogP contribution in [0.25, 0.3) is 0 Å². The first-order valence-electron chi connectivity index (χ1n) is 4.86. The molecule has 4 atom stereocenters. The molecule has 1 fully saturated rings. The summed E-state index contributed by atoms with van der Waals surface area (Å²) in [5.41, 5.74) is 0. The summed E-state index contributed by atoms with van der Waals surface area (Å²) in [6.07, 6.45) is 0.478. The molecule has 1 saturated carbocycles. The van der Waals surface area contributed by atoms with Gasteiger partial charge in [-0.3, -0.25) is 0 Å². The minimum atomic E-state index is -0.459. The zero-order valence-electron chi connectivity index (χ0n) is 8.27. The third-order valence-corrected chi connectivity index (χ3v) is 3.09. The zero-order valence-corrected chi connectivity index (χ0v) is 8.27. The SMILES string of the molecule is CC(C1C[C]1CO)C(O)[C@H](C)CO. The minimum absolute atomic E-state index is 0.0205. The van der Waals surface area contributed by atoms with E-state index >= 15 is 0 Å². The van der Waals surface area contributed by atoms with Crippen molar-refractivity contribution in [1.82, 2.24) is 0 Å². The van der Waals surface area contributed by atoms with Crippen LogP contribution < -0.4 is 0 Å². The van der Waals surface area contributed by atoms with Crippen LogP contribution in [-0.2, 0) is 0 Å². The number of hydrogen-bond donors (Lipinski definition) is 3. The Kier molecular flexibility index (Phi) is 3.71. The maximum atomic E-state index is 9.75. The van der Waals surface area contributed by atoms with E-state index in [1.54, 1.807) is 0 Å². The topological polar surface area (TPSA) is 60.7 Å². The van der Waals surface area contributed by atoms with Gasteiger partial charge in [-0.1, -0.05) is 13.8 Å². The van der Waals surface area contributed by atoms with Gasteiger partial charge in [0.1, 0.15) is 0 Å². The fraction of sp³-hybridized carbons (Fsp3) is 0.900. The first-order chi connectivity index (χ1) is 6.11. The predicted molar refractivity (Wildman–Crippen MR) is 49.9 cm³/mol. The molecular formula is C10H19O3. The molecule has 1 aliphatic carbocycles. The molecule has 3 nitrogen and oxygen atoms in total. The Bertz CT molecular complexity index is 160. The van der Waals surface area contributed by atoms with Gasteiger partial charge in [-0.2, -0.15) is 0 Å². The van der Waals surface area contributed by atoms with Crippen LogP contribution in [0.3, 0.4) is 0 Å². The average Bonchev–Trinajstić information content (AvgIpc) is 2.93. The molecule has 77 valence electrons. The second-order valence-corrected chi connectivity index (χ2v) is 4.14. The monoisotopic (exact) mass is 187 g/mol. The van der Waals surface area contributed by atoms with Crippen molar-refractivity contribution in [1.29, 1.82) is 0 Å². The highest BCUT2D eigenvalue weighted by Gasteiger charge is 2.44. The van der Waals surface area contributed by atoms with Crippen LogP contribution >= 0.6 is 0 Å². The lowest BCUT2D eigenvalue weighted by molar-refractivity contribution is 0.0295. The van der Waals surface area contributed by atoms with E-state index in [0.29, 0.717) is 5.92 Å². The van der Waals surface area contributed by atoms with Gasteiger partial charge in [0.15, 0.2) is 0 Å². The number of rotatable bonds is 5. The van der Waals surface area contributed by atoms with Crippen LogP contribution in [-0.4, -0.2) is 34.6 Å². The Morgan fingerprint density at radius 3 is 2.38 bits per heavy atom. The summed E-state index contributed by atoms with van der Waals surface area (Å²) in [5.74, 6) is 1.59. The van der Waals surface area contributed by atoms with Crippen molar-refractivity contribution < 1.29 is 15.3 Å². The number of aliphatic hydroxyl groups is 3. The summed E-state index contributed by atoms with van der Waals surface area (Å²) >= 11 is 0. The van der Waals surface area contributed by atoms with Gasteiger partial charge in [0.2, 0.25) is 0 Å². The van der Waals surface area contributed by atoms with E-state index in [1.807, 2.05) is 13.8 Å². The average molecular weight is 187 g/mol. The summed E-state index contributed by atoms with van der Waals surface area (Å²) in [5, 5.41) is 27.5. The molecule has 0 aromatic carbocycles. The smallest absolute Gasteiger partial charge is 0.0616 e.